The van der Waals surface area contributed by atoms with E-state index in [2.05, 4.69) is 54.2 Å². The lowest BCUT2D eigenvalue weighted by Gasteiger charge is -2.32. The van der Waals surface area contributed by atoms with Crippen molar-refractivity contribution in [3.05, 3.63) is 34.9 Å². The molecule has 20 heavy (non-hydrogen) atoms. The maximum atomic E-state index is 3.57. The highest BCUT2D eigenvalue weighted by atomic mass is 15.2. The van der Waals surface area contributed by atoms with Gasteiger partial charge < -0.3 is 15.1 Å². The summed E-state index contributed by atoms with van der Waals surface area (Å²) in [5.74, 6) is 0. The van der Waals surface area contributed by atoms with Crippen molar-refractivity contribution in [2.75, 3.05) is 46.3 Å². The van der Waals surface area contributed by atoms with Gasteiger partial charge in [-0.25, -0.2) is 0 Å². The van der Waals surface area contributed by atoms with Crippen molar-refractivity contribution in [3.8, 4) is 0 Å². The molecular weight excluding hydrogens is 246 g/mol. The number of hydrogen-bond acceptors (Lipinski definition) is 3. The number of rotatable bonds is 6. The summed E-state index contributed by atoms with van der Waals surface area (Å²) in [6.45, 7) is 12.6. The Balaban J connectivity index is 1.59. The molecule has 1 saturated heterocycles. The molecule has 1 aliphatic rings. The minimum Gasteiger partial charge on any atom is -0.313 e. The number of hydrogen-bond donors (Lipinski definition) is 1. The van der Waals surface area contributed by atoms with Crippen molar-refractivity contribution in [2.45, 2.75) is 26.8 Å². The summed E-state index contributed by atoms with van der Waals surface area (Å²) in [6.07, 6.45) is 1.24. The molecule has 2 rings (SSSR count). The summed E-state index contributed by atoms with van der Waals surface area (Å²) in [4.78, 5) is 4.99. The number of piperazine rings is 1. The van der Waals surface area contributed by atoms with E-state index in [1.165, 1.54) is 55.8 Å². The summed E-state index contributed by atoms with van der Waals surface area (Å²) in [5.41, 5.74) is 4.17. The standard InChI is InChI=1S/C17H29N3/c1-15-5-6-17(16(2)13-15)14-18-7-4-8-20-11-9-19(3)10-12-20/h5-6,13,18H,4,7-12,14H2,1-3H3. The second-order valence-corrected chi connectivity index (χ2v) is 6.11. The molecule has 112 valence electrons. The highest BCUT2D eigenvalue weighted by Crippen LogP contribution is 2.10. The molecule has 1 aromatic rings. The molecule has 0 unspecified atom stereocenters. The monoisotopic (exact) mass is 275 g/mol. The number of nitrogens with one attached hydrogen (secondary N) is 1. The maximum absolute atomic E-state index is 3.57. The van der Waals surface area contributed by atoms with E-state index in [1.807, 2.05) is 0 Å². The Hall–Kier alpha value is -0.900. The van der Waals surface area contributed by atoms with Gasteiger partial charge in [0.05, 0.1) is 0 Å². The first-order chi connectivity index (χ1) is 9.65. The van der Waals surface area contributed by atoms with Crippen molar-refractivity contribution in [3.63, 3.8) is 0 Å². The van der Waals surface area contributed by atoms with Gasteiger partial charge in [0.1, 0.15) is 0 Å². The van der Waals surface area contributed by atoms with E-state index < -0.39 is 0 Å². The molecular formula is C17H29N3. The minimum absolute atomic E-state index is 0.995. The lowest BCUT2D eigenvalue weighted by Crippen LogP contribution is -2.45. The van der Waals surface area contributed by atoms with Crippen molar-refractivity contribution in [2.24, 2.45) is 0 Å². The minimum atomic E-state index is 0.995. The van der Waals surface area contributed by atoms with Gasteiger partial charge in [-0.15, -0.1) is 0 Å². The van der Waals surface area contributed by atoms with Crippen molar-refractivity contribution in [1.82, 2.24) is 15.1 Å². The zero-order valence-electron chi connectivity index (χ0n) is 13.3. The van der Waals surface area contributed by atoms with Gasteiger partial charge in [0.2, 0.25) is 0 Å². The number of benzene rings is 1. The van der Waals surface area contributed by atoms with E-state index in [0.717, 1.165) is 13.1 Å². The Morgan fingerprint density at radius 1 is 1.10 bits per heavy atom. The molecule has 1 N–H and O–H groups in total. The zero-order valence-corrected chi connectivity index (χ0v) is 13.3. The molecule has 0 atom stereocenters. The van der Waals surface area contributed by atoms with Crippen molar-refractivity contribution in [1.29, 1.82) is 0 Å². The molecule has 0 bridgehead atoms. The average Bonchev–Trinajstić information content (AvgIpc) is 2.42. The van der Waals surface area contributed by atoms with Crippen LogP contribution in [0.15, 0.2) is 18.2 Å². The van der Waals surface area contributed by atoms with E-state index in [-0.39, 0.29) is 0 Å². The molecule has 0 spiro atoms. The smallest absolute Gasteiger partial charge is 0.0208 e. The third-order valence-corrected chi connectivity index (χ3v) is 4.24. The molecule has 1 heterocycles. The third-order valence-electron chi connectivity index (χ3n) is 4.24. The fourth-order valence-corrected chi connectivity index (χ4v) is 2.77. The van der Waals surface area contributed by atoms with Crippen molar-refractivity contribution >= 4 is 0 Å². The second-order valence-electron chi connectivity index (χ2n) is 6.11. The first-order valence-corrected chi connectivity index (χ1v) is 7.83. The van der Waals surface area contributed by atoms with Crippen LogP contribution < -0.4 is 5.32 Å². The summed E-state index contributed by atoms with van der Waals surface area (Å²) in [6, 6.07) is 6.72. The fraction of sp³-hybridized carbons (Fsp3) is 0.647. The quantitative estimate of drug-likeness (QED) is 0.802. The van der Waals surface area contributed by atoms with Crippen LogP contribution in [0, 0.1) is 13.8 Å². The van der Waals surface area contributed by atoms with Crippen LogP contribution in [0.25, 0.3) is 0 Å². The lowest BCUT2D eigenvalue weighted by atomic mass is 10.1. The predicted octanol–water partition coefficient (Wildman–Crippen LogP) is 2.03. The van der Waals surface area contributed by atoms with E-state index in [1.54, 1.807) is 0 Å². The van der Waals surface area contributed by atoms with Gasteiger partial charge in [0, 0.05) is 32.7 Å². The highest BCUT2D eigenvalue weighted by molar-refractivity contribution is 5.30. The molecule has 0 saturated carbocycles. The Kier molecular flexibility index (Phi) is 6.02. The van der Waals surface area contributed by atoms with Crippen LogP contribution in [0.1, 0.15) is 23.1 Å². The molecule has 3 nitrogen and oxygen atoms in total. The van der Waals surface area contributed by atoms with Gasteiger partial charge in [0.25, 0.3) is 0 Å². The van der Waals surface area contributed by atoms with E-state index >= 15 is 0 Å². The number of aryl methyl sites for hydroxylation is 2. The Morgan fingerprint density at radius 2 is 1.85 bits per heavy atom. The second kappa shape index (κ2) is 7.77. The first-order valence-electron chi connectivity index (χ1n) is 7.83. The predicted molar refractivity (Wildman–Crippen MR) is 86.2 cm³/mol. The molecule has 0 amide bonds. The van der Waals surface area contributed by atoms with Gasteiger partial charge >= 0.3 is 0 Å². The summed E-state index contributed by atoms with van der Waals surface area (Å²) < 4.78 is 0. The van der Waals surface area contributed by atoms with E-state index in [0.29, 0.717) is 0 Å². The topological polar surface area (TPSA) is 18.5 Å². The molecule has 1 aliphatic heterocycles. The largest absolute Gasteiger partial charge is 0.313 e. The van der Waals surface area contributed by atoms with Gasteiger partial charge in [-0.2, -0.15) is 0 Å². The van der Waals surface area contributed by atoms with Crippen LogP contribution in [0.3, 0.4) is 0 Å². The van der Waals surface area contributed by atoms with Gasteiger partial charge in [-0.3, -0.25) is 0 Å². The maximum Gasteiger partial charge on any atom is 0.0208 e. The van der Waals surface area contributed by atoms with Crippen LogP contribution >= 0.6 is 0 Å². The van der Waals surface area contributed by atoms with Crippen LogP contribution in [0.4, 0.5) is 0 Å². The average molecular weight is 275 g/mol. The molecule has 1 aromatic carbocycles. The Morgan fingerprint density at radius 3 is 2.55 bits per heavy atom. The number of nitrogens with zero attached hydrogens (tertiary/aromatic N) is 2. The fourth-order valence-electron chi connectivity index (χ4n) is 2.77. The summed E-state index contributed by atoms with van der Waals surface area (Å²) in [5, 5.41) is 3.57. The summed E-state index contributed by atoms with van der Waals surface area (Å²) in [7, 11) is 2.21. The van der Waals surface area contributed by atoms with Crippen LogP contribution in [0.5, 0.6) is 0 Å². The third kappa shape index (κ3) is 4.89. The van der Waals surface area contributed by atoms with Crippen LogP contribution in [-0.4, -0.2) is 56.1 Å². The van der Waals surface area contributed by atoms with Crippen LogP contribution in [0.2, 0.25) is 0 Å². The lowest BCUT2D eigenvalue weighted by molar-refractivity contribution is 0.153. The molecule has 0 aromatic heterocycles. The van der Waals surface area contributed by atoms with E-state index in [9.17, 15) is 0 Å². The normalized spacial score (nSPS) is 17.6. The van der Waals surface area contributed by atoms with Crippen LogP contribution in [-0.2, 0) is 6.54 Å². The van der Waals surface area contributed by atoms with Gasteiger partial charge in [-0.1, -0.05) is 23.8 Å². The molecule has 0 aliphatic carbocycles. The zero-order chi connectivity index (χ0) is 14.4. The highest BCUT2D eigenvalue weighted by Gasteiger charge is 2.12. The molecule has 1 fully saturated rings. The van der Waals surface area contributed by atoms with Crippen molar-refractivity contribution < 1.29 is 0 Å². The molecule has 0 radical (unpaired) electrons. The Bertz CT molecular complexity index is 409. The van der Waals surface area contributed by atoms with Gasteiger partial charge in [0.15, 0.2) is 0 Å². The first kappa shape index (κ1) is 15.5. The van der Waals surface area contributed by atoms with Gasteiger partial charge in [-0.05, 0) is 51.5 Å². The SMILES string of the molecule is Cc1ccc(CNCCCN2CCN(C)CC2)c(C)c1. The number of likely N-dealkylation sites (N-methyl/N-ethyl adjacent to an activating group) is 1. The Labute approximate surface area is 124 Å². The molecule has 3 heteroatoms. The summed E-state index contributed by atoms with van der Waals surface area (Å²) >= 11 is 0. The van der Waals surface area contributed by atoms with E-state index in [4.69, 9.17) is 0 Å².